The van der Waals surface area contributed by atoms with Crippen LogP contribution in [0.4, 0.5) is 0 Å². The summed E-state index contributed by atoms with van der Waals surface area (Å²) in [5.41, 5.74) is -2.31. The van der Waals surface area contributed by atoms with Gasteiger partial charge in [-0.3, -0.25) is 4.79 Å². The largest absolute Gasteiger partial charge is 0.479 e. The van der Waals surface area contributed by atoms with Crippen LogP contribution >= 0.6 is 0 Å². The van der Waals surface area contributed by atoms with E-state index in [1.54, 1.807) is 6.92 Å². The normalized spacial score (nSPS) is 54.6. The van der Waals surface area contributed by atoms with Crippen molar-refractivity contribution in [3.05, 3.63) is 11.6 Å². The van der Waals surface area contributed by atoms with Crippen molar-refractivity contribution in [2.45, 2.75) is 211 Å². The highest BCUT2D eigenvalue weighted by Crippen LogP contribution is 2.75. The quantitative estimate of drug-likeness (QED) is 0.135. The summed E-state index contributed by atoms with van der Waals surface area (Å²) in [6.45, 7) is 16.3. The summed E-state index contributed by atoms with van der Waals surface area (Å²) in [5, 5.41) is 116. The standard InChI is InChI=1S/C48H74O20/c1-19-26(51)27(52)31(56)40(63-19)65-25-17-44(4,18-49)16-21-20-15-22(50)37-46(6)11-10-24(43(2,3)23(46)9-12-48(37,8)47(20,7)14-13-45(21,25)5)64-41-33(58)30(55)34(36(68-41)39(61)62)66-42-32(57)28(53)29(54)35(67-42)38(59)60/h15,19,21,23-37,40-42,49,51-58H,9-14,16-18H2,1-8H3,(H,59,60)(H,61,62)/t19-,21?,23?,24-,25+,26-,27+,28-,29-,30+,31+,32+,33+,34-,35-,36-,37?,40-,41+,42-,44+,45+,46-,47+,48+/m0/s1. The number of carbonyl (C=O) groups excluding carboxylic acids is 1. The second-order valence-electron chi connectivity index (χ2n) is 23.6. The third kappa shape index (κ3) is 7.86. The van der Waals surface area contributed by atoms with E-state index >= 15 is 4.79 Å². The number of carboxylic acids is 2. The first-order valence-corrected chi connectivity index (χ1v) is 24.2. The molecule has 386 valence electrons. The Labute approximate surface area is 395 Å². The fourth-order valence-corrected chi connectivity index (χ4v) is 15.0. The zero-order valence-corrected chi connectivity index (χ0v) is 40.1. The summed E-state index contributed by atoms with van der Waals surface area (Å²) in [4.78, 5) is 39.5. The van der Waals surface area contributed by atoms with Crippen molar-refractivity contribution in [1.82, 2.24) is 0 Å². The number of hydrogen-bond acceptors (Lipinski definition) is 18. The Morgan fingerprint density at radius 1 is 0.632 bits per heavy atom. The lowest BCUT2D eigenvalue weighted by atomic mass is 9.33. The Morgan fingerprint density at radius 2 is 1.19 bits per heavy atom. The minimum atomic E-state index is -2.08. The van der Waals surface area contributed by atoms with E-state index in [0.29, 0.717) is 44.9 Å². The number of rotatable bonds is 9. The zero-order chi connectivity index (χ0) is 50.2. The molecule has 11 N–H and O–H groups in total. The van der Waals surface area contributed by atoms with Crippen molar-refractivity contribution in [2.24, 2.45) is 50.2 Å². The van der Waals surface area contributed by atoms with Crippen LogP contribution in [0.15, 0.2) is 11.6 Å². The number of aliphatic carboxylic acids is 2. The molecule has 0 aromatic rings. The Balaban J connectivity index is 1.02. The van der Waals surface area contributed by atoms with Gasteiger partial charge in [-0.05, 0) is 103 Å². The molecule has 3 saturated heterocycles. The molecule has 5 aliphatic carbocycles. The smallest absolute Gasteiger partial charge is 0.335 e. The first kappa shape index (κ1) is 52.1. The van der Waals surface area contributed by atoms with Crippen LogP contribution < -0.4 is 0 Å². The van der Waals surface area contributed by atoms with E-state index in [-0.39, 0.29) is 24.2 Å². The van der Waals surface area contributed by atoms with E-state index in [2.05, 4.69) is 27.7 Å². The topological polar surface area (TPSA) is 329 Å². The van der Waals surface area contributed by atoms with Crippen molar-refractivity contribution in [1.29, 1.82) is 0 Å². The van der Waals surface area contributed by atoms with Crippen molar-refractivity contribution in [3.8, 4) is 0 Å². The van der Waals surface area contributed by atoms with Gasteiger partial charge < -0.3 is 84.6 Å². The van der Waals surface area contributed by atoms with E-state index in [9.17, 15) is 65.8 Å². The van der Waals surface area contributed by atoms with Gasteiger partial charge in [0.05, 0.1) is 18.3 Å². The van der Waals surface area contributed by atoms with E-state index in [4.69, 9.17) is 28.4 Å². The first-order valence-electron chi connectivity index (χ1n) is 24.2. The van der Waals surface area contributed by atoms with Crippen molar-refractivity contribution in [2.75, 3.05) is 6.61 Å². The molecule has 20 heteroatoms. The maximum atomic E-state index is 15.2. The molecule has 0 amide bonds. The van der Waals surface area contributed by atoms with Crippen LogP contribution in [-0.4, -0.2) is 185 Å². The maximum Gasteiger partial charge on any atom is 0.335 e. The Kier molecular flexibility index (Phi) is 13.6. The highest BCUT2D eigenvalue weighted by atomic mass is 16.7. The third-order valence-electron chi connectivity index (χ3n) is 19.3. The van der Waals surface area contributed by atoms with Gasteiger partial charge in [0.2, 0.25) is 0 Å². The summed E-state index contributed by atoms with van der Waals surface area (Å²) >= 11 is 0. The summed E-state index contributed by atoms with van der Waals surface area (Å²) < 4.78 is 35.5. The van der Waals surface area contributed by atoms with Gasteiger partial charge in [-0.25, -0.2) is 9.59 Å². The van der Waals surface area contributed by atoms with E-state index in [0.717, 1.165) is 12.0 Å². The fraction of sp³-hybridized carbons (Fsp3) is 0.896. The van der Waals surface area contributed by atoms with Crippen molar-refractivity contribution >= 4 is 17.7 Å². The van der Waals surface area contributed by atoms with Crippen LogP contribution in [0.3, 0.4) is 0 Å². The summed E-state index contributed by atoms with van der Waals surface area (Å²) in [7, 11) is 0. The molecule has 8 aliphatic rings. The molecule has 25 atom stereocenters. The maximum absolute atomic E-state index is 15.2. The predicted molar refractivity (Wildman–Crippen MR) is 231 cm³/mol. The number of hydrogen-bond donors (Lipinski definition) is 11. The lowest BCUT2D eigenvalue weighted by Crippen LogP contribution is -2.68. The Hall–Kier alpha value is -2.25. The number of ketones is 1. The molecule has 3 unspecified atom stereocenters. The molecule has 68 heavy (non-hydrogen) atoms. The van der Waals surface area contributed by atoms with Crippen LogP contribution in [0.5, 0.6) is 0 Å². The summed E-state index contributed by atoms with van der Waals surface area (Å²) in [6, 6.07) is 0. The Morgan fingerprint density at radius 3 is 1.81 bits per heavy atom. The lowest BCUT2D eigenvalue weighted by Gasteiger charge is -2.71. The molecule has 20 nitrogen and oxygen atoms in total. The molecule has 8 rings (SSSR count). The highest BCUT2D eigenvalue weighted by molar-refractivity contribution is 5.95. The molecular weight excluding hydrogens is 897 g/mol. The minimum absolute atomic E-state index is 0.0191. The molecule has 0 bridgehead atoms. The van der Waals surface area contributed by atoms with Crippen LogP contribution in [0.25, 0.3) is 0 Å². The molecule has 0 aromatic heterocycles. The number of aliphatic hydroxyl groups excluding tert-OH is 9. The number of fused-ring (bicyclic) bond motifs is 7. The SMILES string of the molecule is C[C@@H]1O[C@@H](O[C@@H]2C[C@](C)(CO)CC3C4=CC(=O)C5[C@@]6(C)CC[C@H](O[C@@H]7O[C@H](C(=O)O)[C@@H](O[C@H]8O[C@H](C(=O)O)[C@@H](O)[C@H](O)[C@H]8O)[C@H](O)[C@H]7O)C(C)(C)C6CC[C@@]5(C)[C@]4(C)CC[C@]32C)[C@H](O)[C@H](O)[C@H]1O. The molecule has 0 aromatic carbocycles. The van der Waals surface area contributed by atoms with Crippen LogP contribution in [-0.2, 0) is 42.8 Å². The fourth-order valence-electron chi connectivity index (χ4n) is 15.0. The molecule has 3 aliphatic heterocycles. The summed E-state index contributed by atoms with van der Waals surface area (Å²) in [5.74, 6) is -4.04. The number of allylic oxidation sites excluding steroid dienone is 2. The van der Waals surface area contributed by atoms with Gasteiger partial charge in [0.1, 0.15) is 54.9 Å². The Bertz CT molecular complexity index is 1980. The number of ether oxygens (including phenoxy) is 6. The average Bonchev–Trinajstić information content (AvgIpc) is 3.26. The van der Waals surface area contributed by atoms with E-state index in [1.165, 1.54) is 0 Å². The van der Waals surface area contributed by atoms with E-state index in [1.807, 2.05) is 26.8 Å². The van der Waals surface area contributed by atoms with Gasteiger partial charge >= 0.3 is 11.9 Å². The van der Waals surface area contributed by atoms with Crippen LogP contribution in [0, 0.1) is 50.2 Å². The first-order chi connectivity index (χ1) is 31.5. The van der Waals surface area contributed by atoms with Gasteiger partial charge in [-0.2, -0.15) is 0 Å². The van der Waals surface area contributed by atoms with Gasteiger partial charge in [0, 0.05) is 17.9 Å². The van der Waals surface area contributed by atoms with Gasteiger partial charge in [-0.1, -0.05) is 54.0 Å². The van der Waals surface area contributed by atoms with Gasteiger partial charge in [-0.15, -0.1) is 0 Å². The van der Waals surface area contributed by atoms with Gasteiger partial charge in [0.15, 0.2) is 36.9 Å². The molecule has 3 heterocycles. The van der Waals surface area contributed by atoms with Crippen molar-refractivity contribution in [3.63, 3.8) is 0 Å². The molecule has 7 fully saturated rings. The molecular formula is C48H74O20. The number of carboxylic acid groups (broad SMARTS) is 2. The van der Waals surface area contributed by atoms with Crippen molar-refractivity contribution < 1.29 is 99.0 Å². The predicted octanol–water partition coefficient (Wildman–Crippen LogP) is -0.0241. The highest BCUT2D eigenvalue weighted by Gasteiger charge is 2.71. The number of carbonyl (C=O) groups is 3. The third-order valence-corrected chi connectivity index (χ3v) is 19.3. The second-order valence-corrected chi connectivity index (χ2v) is 23.6. The minimum Gasteiger partial charge on any atom is -0.479 e. The molecule has 4 saturated carbocycles. The molecule has 0 spiro atoms. The summed E-state index contributed by atoms with van der Waals surface area (Å²) in [6.07, 6.45) is -20.8. The lowest BCUT2D eigenvalue weighted by molar-refractivity contribution is -0.360. The van der Waals surface area contributed by atoms with Crippen LogP contribution in [0.1, 0.15) is 107 Å². The zero-order valence-electron chi connectivity index (χ0n) is 40.1. The monoisotopic (exact) mass is 970 g/mol. The van der Waals surface area contributed by atoms with Crippen LogP contribution in [0.2, 0.25) is 0 Å². The van der Waals surface area contributed by atoms with Gasteiger partial charge in [0.25, 0.3) is 0 Å². The average molecular weight is 971 g/mol. The van der Waals surface area contributed by atoms with E-state index < -0.39 is 155 Å². The molecule has 0 radical (unpaired) electrons. The number of aliphatic hydroxyl groups is 9. The second kappa shape index (κ2) is 17.8.